The van der Waals surface area contributed by atoms with E-state index in [0.29, 0.717) is 5.25 Å². The molecule has 56 valence electrons. The van der Waals surface area contributed by atoms with Gasteiger partial charge in [-0.05, 0) is 11.5 Å². The van der Waals surface area contributed by atoms with E-state index in [0.717, 1.165) is 4.34 Å². The number of aromatic nitrogens is 2. The summed E-state index contributed by atoms with van der Waals surface area (Å²) in [7, 11) is 0. The van der Waals surface area contributed by atoms with Crippen LogP contribution >= 0.6 is 23.3 Å². The monoisotopic (exact) mass is 176 g/mol. The molecular formula is C5H8N2OS2. The first-order valence-corrected chi connectivity index (χ1v) is 4.60. The molecule has 0 fully saturated rings. The third kappa shape index (κ3) is 2.15. The molecule has 0 aromatic carbocycles. The van der Waals surface area contributed by atoms with Crippen LogP contribution in [0.1, 0.15) is 13.8 Å². The van der Waals surface area contributed by atoms with Gasteiger partial charge < -0.3 is 0 Å². The second kappa shape index (κ2) is 3.21. The van der Waals surface area contributed by atoms with Gasteiger partial charge in [-0.15, -0.1) is 0 Å². The van der Waals surface area contributed by atoms with Gasteiger partial charge in [0.25, 0.3) is 0 Å². The average molecular weight is 176 g/mol. The Morgan fingerprint density at radius 2 is 2.40 bits per heavy atom. The predicted molar refractivity (Wildman–Crippen MR) is 43.7 cm³/mol. The molecule has 1 N–H and O–H groups in total. The number of hydrogen-bond donors (Lipinski definition) is 1. The number of rotatable bonds is 2. The Labute approximate surface area is 67.0 Å². The number of thioether (sulfide) groups is 1. The Kier molecular flexibility index (Phi) is 2.50. The second-order valence-corrected chi connectivity index (χ2v) is 4.67. The number of nitrogens with one attached hydrogen (secondary N) is 1. The molecular weight excluding hydrogens is 168 g/mol. The Bertz CT molecular complexity index is 252. The number of aromatic amines is 1. The molecule has 1 aromatic heterocycles. The lowest BCUT2D eigenvalue weighted by molar-refractivity contribution is 1.08. The van der Waals surface area contributed by atoms with Crippen LogP contribution in [0.15, 0.2) is 9.13 Å². The Morgan fingerprint density at radius 3 is 2.80 bits per heavy atom. The molecule has 5 heteroatoms. The molecule has 1 rings (SSSR count). The first-order valence-electron chi connectivity index (χ1n) is 2.90. The van der Waals surface area contributed by atoms with Gasteiger partial charge in [0.1, 0.15) is 0 Å². The van der Waals surface area contributed by atoms with E-state index in [2.05, 4.69) is 23.2 Å². The number of H-pyrrole nitrogens is 1. The maximum absolute atomic E-state index is 10.5. The standard InChI is InChI=1S/C5H8N2OS2/c1-3(2)9-5-6-4(8)7-10-5/h3H,1-2H3,(H,7,8). The quantitative estimate of drug-likeness (QED) is 0.691. The van der Waals surface area contributed by atoms with Crippen molar-refractivity contribution in [2.45, 2.75) is 23.4 Å². The van der Waals surface area contributed by atoms with Crippen molar-refractivity contribution in [1.29, 1.82) is 0 Å². The fourth-order valence-electron chi connectivity index (χ4n) is 0.468. The van der Waals surface area contributed by atoms with Crippen LogP contribution in [0, 0.1) is 0 Å². The molecule has 0 bridgehead atoms. The maximum atomic E-state index is 10.5. The maximum Gasteiger partial charge on any atom is 0.356 e. The highest BCUT2D eigenvalue weighted by Crippen LogP contribution is 2.21. The molecule has 1 heterocycles. The largest absolute Gasteiger partial charge is 0.356 e. The molecule has 0 unspecified atom stereocenters. The summed E-state index contributed by atoms with van der Waals surface area (Å²) in [6.45, 7) is 4.13. The van der Waals surface area contributed by atoms with Crippen molar-refractivity contribution in [1.82, 2.24) is 9.36 Å². The van der Waals surface area contributed by atoms with Crippen LogP contribution in [0.25, 0.3) is 0 Å². The fraction of sp³-hybridized carbons (Fsp3) is 0.600. The smallest absolute Gasteiger partial charge is 0.259 e. The van der Waals surface area contributed by atoms with Gasteiger partial charge >= 0.3 is 5.69 Å². The Balaban J connectivity index is 2.67. The van der Waals surface area contributed by atoms with Crippen molar-refractivity contribution in [3.8, 4) is 0 Å². The highest BCUT2D eigenvalue weighted by Gasteiger charge is 2.01. The summed E-state index contributed by atoms with van der Waals surface area (Å²) < 4.78 is 3.35. The van der Waals surface area contributed by atoms with E-state index >= 15 is 0 Å². The SMILES string of the molecule is CC(C)Sc1nc(=O)[nH]s1. The van der Waals surface area contributed by atoms with Crippen LogP contribution in [-0.4, -0.2) is 14.6 Å². The third-order valence-corrected chi connectivity index (χ3v) is 2.60. The van der Waals surface area contributed by atoms with E-state index in [4.69, 9.17) is 0 Å². The third-order valence-electron chi connectivity index (χ3n) is 0.755. The van der Waals surface area contributed by atoms with Crippen LogP contribution in [-0.2, 0) is 0 Å². The van der Waals surface area contributed by atoms with Gasteiger partial charge in [-0.3, -0.25) is 4.37 Å². The van der Waals surface area contributed by atoms with E-state index in [1.165, 1.54) is 11.5 Å². The van der Waals surface area contributed by atoms with Gasteiger partial charge in [-0.25, -0.2) is 4.79 Å². The summed E-state index contributed by atoms with van der Waals surface area (Å²) in [6, 6.07) is 0. The molecule has 0 aliphatic carbocycles. The van der Waals surface area contributed by atoms with Crippen LogP contribution in [0.5, 0.6) is 0 Å². The van der Waals surface area contributed by atoms with Crippen molar-refractivity contribution in [2.24, 2.45) is 0 Å². The normalized spacial score (nSPS) is 10.7. The summed E-state index contributed by atoms with van der Waals surface area (Å²) in [4.78, 5) is 14.2. The first-order chi connectivity index (χ1) is 4.68. The lowest BCUT2D eigenvalue weighted by atomic mass is 10.6. The van der Waals surface area contributed by atoms with Gasteiger partial charge in [0, 0.05) is 5.25 Å². The summed E-state index contributed by atoms with van der Waals surface area (Å²) >= 11 is 2.89. The molecule has 1 aromatic rings. The average Bonchev–Trinajstić information content (AvgIpc) is 2.13. The lowest BCUT2D eigenvalue weighted by Crippen LogP contribution is -2.00. The zero-order valence-corrected chi connectivity index (χ0v) is 7.38. The Morgan fingerprint density at radius 1 is 1.70 bits per heavy atom. The molecule has 0 atom stereocenters. The Hall–Kier alpha value is -0.290. The van der Waals surface area contributed by atoms with Gasteiger partial charge in [0.2, 0.25) is 0 Å². The van der Waals surface area contributed by atoms with Crippen molar-refractivity contribution in [3.05, 3.63) is 10.5 Å². The fourth-order valence-corrected chi connectivity index (χ4v) is 2.25. The van der Waals surface area contributed by atoms with Crippen molar-refractivity contribution >= 4 is 23.3 Å². The minimum atomic E-state index is -0.242. The summed E-state index contributed by atoms with van der Waals surface area (Å²) in [5.74, 6) is 0. The molecule has 0 radical (unpaired) electrons. The van der Waals surface area contributed by atoms with E-state index in [-0.39, 0.29) is 5.69 Å². The van der Waals surface area contributed by atoms with Gasteiger partial charge in [0.05, 0.1) is 0 Å². The minimum Gasteiger partial charge on any atom is -0.259 e. The van der Waals surface area contributed by atoms with Crippen LogP contribution in [0.3, 0.4) is 0 Å². The highest BCUT2D eigenvalue weighted by molar-refractivity contribution is 8.01. The second-order valence-electron chi connectivity index (χ2n) is 2.05. The van der Waals surface area contributed by atoms with Crippen LogP contribution in [0.4, 0.5) is 0 Å². The molecule has 0 saturated carbocycles. The summed E-state index contributed by atoms with van der Waals surface area (Å²) in [5, 5.41) is 0.485. The molecule has 0 saturated heterocycles. The van der Waals surface area contributed by atoms with E-state index in [1.54, 1.807) is 11.8 Å². The van der Waals surface area contributed by atoms with Crippen molar-refractivity contribution < 1.29 is 0 Å². The number of hydrogen-bond acceptors (Lipinski definition) is 4. The molecule has 3 nitrogen and oxygen atoms in total. The van der Waals surface area contributed by atoms with Crippen LogP contribution < -0.4 is 5.69 Å². The molecule has 0 spiro atoms. The molecule has 0 aliphatic rings. The van der Waals surface area contributed by atoms with Crippen molar-refractivity contribution in [3.63, 3.8) is 0 Å². The van der Waals surface area contributed by atoms with Gasteiger partial charge in [-0.2, -0.15) is 4.98 Å². The zero-order valence-electron chi connectivity index (χ0n) is 5.75. The van der Waals surface area contributed by atoms with Gasteiger partial charge in [-0.1, -0.05) is 25.6 Å². The van der Waals surface area contributed by atoms with Crippen LogP contribution in [0.2, 0.25) is 0 Å². The molecule has 10 heavy (non-hydrogen) atoms. The first kappa shape index (κ1) is 7.81. The lowest BCUT2D eigenvalue weighted by Gasteiger charge is -1.96. The summed E-state index contributed by atoms with van der Waals surface area (Å²) in [5.41, 5.74) is -0.242. The minimum absolute atomic E-state index is 0.242. The number of nitrogens with zero attached hydrogens (tertiary/aromatic N) is 1. The van der Waals surface area contributed by atoms with E-state index in [1.807, 2.05) is 0 Å². The van der Waals surface area contributed by atoms with E-state index < -0.39 is 0 Å². The van der Waals surface area contributed by atoms with Gasteiger partial charge in [0.15, 0.2) is 4.34 Å². The molecule has 0 aliphatic heterocycles. The van der Waals surface area contributed by atoms with E-state index in [9.17, 15) is 4.79 Å². The van der Waals surface area contributed by atoms with Crippen molar-refractivity contribution in [2.75, 3.05) is 0 Å². The zero-order chi connectivity index (χ0) is 7.56. The highest BCUT2D eigenvalue weighted by atomic mass is 32.2. The predicted octanol–water partition coefficient (Wildman–Crippen LogP) is 1.33. The summed E-state index contributed by atoms with van der Waals surface area (Å²) in [6.07, 6.45) is 0. The molecule has 0 amide bonds. The topological polar surface area (TPSA) is 45.8 Å².